The van der Waals surface area contributed by atoms with E-state index in [4.69, 9.17) is 0 Å². The summed E-state index contributed by atoms with van der Waals surface area (Å²) in [4.78, 5) is 16.3. The third kappa shape index (κ3) is 4.32. The lowest BCUT2D eigenvalue weighted by atomic mass is 10.1. The van der Waals surface area contributed by atoms with Crippen molar-refractivity contribution in [1.82, 2.24) is 20.5 Å². The van der Waals surface area contributed by atoms with Crippen LogP contribution in [0.3, 0.4) is 0 Å². The molecule has 0 bridgehead atoms. The van der Waals surface area contributed by atoms with Gasteiger partial charge in [0.25, 0.3) is 0 Å². The SMILES string of the molecule is CCCNC(=O)[C@H](C)Sc1n[nH]c(-c2ccc(C)cc2)n1. The first kappa shape index (κ1) is 15.6. The number of nitrogens with zero attached hydrogens (tertiary/aromatic N) is 2. The van der Waals surface area contributed by atoms with E-state index >= 15 is 0 Å². The second kappa shape index (κ2) is 7.26. The Morgan fingerprint density at radius 2 is 2.10 bits per heavy atom. The third-order valence-electron chi connectivity index (χ3n) is 2.99. The molecule has 0 radical (unpaired) electrons. The first-order valence-electron chi connectivity index (χ1n) is 7.04. The van der Waals surface area contributed by atoms with E-state index in [2.05, 4.69) is 20.5 Å². The van der Waals surface area contributed by atoms with Gasteiger partial charge in [-0.2, -0.15) is 0 Å². The number of rotatable bonds is 6. The Bertz CT molecular complexity index is 594. The first-order valence-corrected chi connectivity index (χ1v) is 7.92. The molecule has 0 saturated carbocycles. The maximum absolute atomic E-state index is 11.8. The lowest BCUT2D eigenvalue weighted by molar-refractivity contribution is -0.120. The first-order chi connectivity index (χ1) is 10.1. The van der Waals surface area contributed by atoms with Crippen molar-refractivity contribution < 1.29 is 4.79 Å². The molecule has 0 aliphatic carbocycles. The second-order valence-electron chi connectivity index (χ2n) is 4.88. The number of benzene rings is 1. The van der Waals surface area contributed by atoms with Gasteiger partial charge in [-0.15, -0.1) is 5.10 Å². The molecule has 2 aromatic rings. The van der Waals surface area contributed by atoms with E-state index < -0.39 is 0 Å². The summed E-state index contributed by atoms with van der Waals surface area (Å²) in [5, 5.41) is 10.3. The number of hydrogen-bond acceptors (Lipinski definition) is 4. The molecule has 1 atom stereocenters. The van der Waals surface area contributed by atoms with Crippen molar-refractivity contribution in [1.29, 1.82) is 0 Å². The van der Waals surface area contributed by atoms with Crippen LogP contribution in [-0.4, -0.2) is 32.9 Å². The molecule has 1 aromatic heterocycles. The number of aromatic amines is 1. The molecule has 0 aliphatic rings. The molecule has 21 heavy (non-hydrogen) atoms. The number of carbonyl (C=O) groups is 1. The summed E-state index contributed by atoms with van der Waals surface area (Å²) < 4.78 is 0. The van der Waals surface area contributed by atoms with E-state index in [9.17, 15) is 4.79 Å². The van der Waals surface area contributed by atoms with Gasteiger partial charge in [0, 0.05) is 12.1 Å². The maximum atomic E-state index is 11.8. The normalized spacial score (nSPS) is 12.1. The molecular weight excluding hydrogens is 284 g/mol. The zero-order valence-corrected chi connectivity index (χ0v) is 13.3. The van der Waals surface area contributed by atoms with Gasteiger partial charge in [0.05, 0.1) is 5.25 Å². The van der Waals surface area contributed by atoms with Crippen LogP contribution in [0.15, 0.2) is 29.4 Å². The maximum Gasteiger partial charge on any atom is 0.233 e. The van der Waals surface area contributed by atoms with Crippen LogP contribution in [-0.2, 0) is 4.79 Å². The van der Waals surface area contributed by atoms with Crippen LogP contribution in [0.2, 0.25) is 0 Å². The van der Waals surface area contributed by atoms with Crippen LogP contribution in [0, 0.1) is 6.92 Å². The van der Waals surface area contributed by atoms with Gasteiger partial charge in [-0.3, -0.25) is 9.89 Å². The summed E-state index contributed by atoms with van der Waals surface area (Å²) in [6.07, 6.45) is 0.932. The molecule has 1 amide bonds. The average Bonchev–Trinajstić information content (AvgIpc) is 2.93. The second-order valence-corrected chi connectivity index (χ2v) is 6.19. The quantitative estimate of drug-likeness (QED) is 0.805. The number of aryl methyl sites for hydroxylation is 1. The molecule has 1 aromatic carbocycles. The minimum Gasteiger partial charge on any atom is -0.355 e. The van der Waals surface area contributed by atoms with E-state index in [1.165, 1.54) is 17.3 Å². The van der Waals surface area contributed by atoms with Gasteiger partial charge in [-0.1, -0.05) is 48.5 Å². The van der Waals surface area contributed by atoms with E-state index in [1.807, 2.05) is 45.0 Å². The Kier molecular flexibility index (Phi) is 5.38. The summed E-state index contributed by atoms with van der Waals surface area (Å²) in [5.74, 6) is 0.738. The number of amides is 1. The molecule has 2 N–H and O–H groups in total. The van der Waals surface area contributed by atoms with E-state index in [-0.39, 0.29) is 11.2 Å². The Hall–Kier alpha value is -1.82. The molecule has 1 heterocycles. The molecule has 0 saturated heterocycles. The van der Waals surface area contributed by atoms with Gasteiger partial charge in [0.1, 0.15) is 0 Å². The number of H-pyrrole nitrogens is 1. The monoisotopic (exact) mass is 304 g/mol. The average molecular weight is 304 g/mol. The zero-order valence-electron chi connectivity index (χ0n) is 12.5. The highest BCUT2D eigenvalue weighted by molar-refractivity contribution is 8.00. The van der Waals surface area contributed by atoms with Gasteiger partial charge in [-0.25, -0.2) is 4.98 Å². The van der Waals surface area contributed by atoms with Crippen LogP contribution < -0.4 is 5.32 Å². The standard InChI is InChI=1S/C15H20N4OS/c1-4-9-16-14(20)11(3)21-15-17-13(18-19-15)12-7-5-10(2)6-8-12/h5-8,11H,4,9H2,1-3H3,(H,16,20)(H,17,18,19)/t11-/m0/s1. The molecular formula is C15H20N4OS. The number of aromatic nitrogens is 3. The van der Waals surface area contributed by atoms with Crippen LogP contribution in [0.5, 0.6) is 0 Å². The fraction of sp³-hybridized carbons (Fsp3) is 0.400. The highest BCUT2D eigenvalue weighted by Gasteiger charge is 2.16. The van der Waals surface area contributed by atoms with Gasteiger partial charge in [-0.05, 0) is 20.3 Å². The fourth-order valence-electron chi connectivity index (χ4n) is 1.74. The molecule has 2 rings (SSSR count). The molecule has 0 unspecified atom stereocenters. The largest absolute Gasteiger partial charge is 0.355 e. The van der Waals surface area contributed by atoms with Crippen LogP contribution >= 0.6 is 11.8 Å². The summed E-state index contributed by atoms with van der Waals surface area (Å²) >= 11 is 1.36. The predicted molar refractivity (Wildman–Crippen MR) is 85.2 cm³/mol. The van der Waals surface area contributed by atoms with Crippen LogP contribution in [0.25, 0.3) is 11.4 Å². The highest BCUT2D eigenvalue weighted by Crippen LogP contribution is 2.22. The predicted octanol–water partition coefficient (Wildman–Crippen LogP) is 2.79. The lowest BCUT2D eigenvalue weighted by Crippen LogP contribution is -2.31. The minimum absolute atomic E-state index is 0.0172. The lowest BCUT2D eigenvalue weighted by Gasteiger charge is -2.08. The number of hydrogen-bond donors (Lipinski definition) is 2. The van der Waals surface area contributed by atoms with Crippen molar-refractivity contribution in [3.63, 3.8) is 0 Å². The van der Waals surface area contributed by atoms with Crippen molar-refractivity contribution in [3.8, 4) is 11.4 Å². The molecule has 5 nitrogen and oxygen atoms in total. The van der Waals surface area contributed by atoms with E-state index in [0.717, 1.165) is 17.8 Å². The van der Waals surface area contributed by atoms with Gasteiger partial charge in [0.2, 0.25) is 11.1 Å². The molecule has 0 fully saturated rings. The Morgan fingerprint density at radius 1 is 1.38 bits per heavy atom. The minimum atomic E-state index is -0.210. The fourth-order valence-corrected chi connectivity index (χ4v) is 2.49. The smallest absolute Gasteiger partial charge is 0.233 e. The van der Waals surface area contributed by atoms with Crippen LogP contribution in [0.4, 0.5) is 0 Å². The highest BCUT2D eigenvalue weighted by atomic mass is 32.2. The molecule has 6 heteroatoms. The van der Waals surface area contributed by atoms with Crippen molar-refractivity contribution in [3.05, 3.63) is 29.8 Å². The van der Waals surface area contributed by atoms with Crippen molar-refractivity contribution in [2.24, 2.45) is 0 Å². The summed E-state index contributed by atoms with van der Waals surface area (Å²) in [7, 11) is 0. The molecule has 0 spiro atoms. The Morgan fingerprint density at radius 3 is 2.76 bits per heavy atom. The summed E-state index contributed by atoms with van der Waals surface area (Å²) in [5.41, 5.74) is 2.19. The number of carbonyl (C=O) groups excluding carboxylic acids is 1. The zero-order chi connectivity index (χ0) is 15.2. The van der Waals surface area contributed by atoms with E-state index in [0.29, 0.717) is 11.7 Å². The van der Waals surface area contributed by atoms with Crippen LogP contribution in [0.1, 0.15) is 25.8 Å². The Labute approximate surface area is 128 Å². The topological polar surface area (TPSA) is 70.7 Å². The summed E-state index contributed by atoms with van der Waals surface area (Å²) in [6.45, 7) is 6.63. The third-order valence-corrected chi connectivity index (χ3v) is 3.95. The Balaban J connectivity index is 2.00. The number of thioether (sulfide) groups is 1. The van der Waals surface area contributed by atoms with Gasteiger partial charge in [0.15, 0.2) is 5.82 Å². The van der Waals surface area contributed by atoms with Crippen molar-refractivity contribution >= 4 is 17.7 Å². The molecule has 112 valence electrons. The van der Waals surface area contributed by atoms with Gasteiger partial charge >= 0.3 is 0 Å². The van der Waals surface area contributed by atoms with Crippen molar-refractivity contribution in [2.45, 2.75) is 37.6 Å². The number of nitrogens with one attached hydrogen (secondary N) is 2. The summed E-state index contributed by atoms with van der Waals surface area (Å²) in [6, 6.07) is 8.07. The molecule has 0 aliphatic heterocycles. The van der Waals surface area contributed by atoms with E-state index in [1.54, 1.807) is 0 Å². The van der Waals surface area contributed by atoms with Gasteiger partial charge < -0.3 is 5.32 Å². The van der Waals surface area contributed by atoms with Crippen molar-refractivity contribution in [2.75, 3.05) is 6.54 Å².